The van der Waals surface area contributed by atoms with E-state index >= 15 is 0 Å². The van der Waals surface area contributed by atoms with E-state index in [9.17, 15) is 19.5 Å². The molecule has 0 bridgehead atoms. The summed E-state index contributed by atoms with van der Waals surface area (Å²) in [6, 6.07) is 0. The van der Waals surface area contributed by atoms with Crippen molar-refractivity contribution in [1.82, 2.24) is 0 Å². The van der Waals surface area contributed by atoms with Gasteiger partial charge >= 0.3 is 17.9 Å². The van der Waals surface area contributed by atoms with Gasteiger partial charge in [0.25, 0.3) is 0 Å². The average Bonchev–Trinajstić information content (AvgIpc) is 2.43. The lowest BCUT2D eigenvalue weighted by Crippen LogP contribution is -2.40. The summed E-state index contributed by atoms with van der Waals surface area (Å²) in [4.78, 5) is 34.0. The third-order valence-corrected chi connectivity index (χ3v) is 4.06. The molecule has 6 nitrogen and oxygen atoms in total. The molecule has 1 aliphatic carbocycles. The molecule has 1 fully saturated rings. The van der Waals surface area contributed by atoms with Gasteiger partial charge in [0.1, 0.15) is 6.10 Å². The van der Waals surface area contributed by atoms with Crippen LogP contribution in [0.3, 0.4) is 0 Å². The predicted octanol–water partition coefficient (Wildman–Crippen LogP) is 2.09. The molecule has 4 unspecified atom stereocenters. The van der Waals surface area contributed by atoms with E-state index < -0.39 is 35.8 Å². The normalized spacial score (nSPS) is 26.7. The van der Waals surface area contributed by atoms with Crippen molar-refractivity contribution in [3.8, 4) is 0 Å². The van der Waals surface area contributed by atoms with Gasteiger partial charge in [-0.25, -0.2) is 4.79 Å². The molecule has 4 atom stereocenters. The summed E-state index contributed by atoms with van der Waals surface area (Å²) in [5, 5.41) is 18.3. The SMILES string of the molecule is C=C(C)C(=O)OC(CC)C1CCC(C(=O)O)C(C(=O)O)C1. The summed E-state index contributed by atoms with van der Waals surface area (Å²) in [7, 11) is 0. The standard InChI is InChI=1S/C15H22O6/c1-4-12(21-15(20)8(2)3)9-5-6-10(13(16)17)11(7-9)14(18)19/h9-12H,2,4-7H2,1,3H3,(H,16,17)(H,18,19). The van der Waals surface area contributed by atoms with Gasteiger partial charge in [-0.3, -0.25) is 9.59 Å². The first-order chi connectivity index (χ1) is 9.77. The van der Waals surface area contributed by atoms with Gasteiger partial charge in [-0.15, -0.1) is 0 Å². The Balaban J connectivity index is 2.79. The van der Waals surface area contributed by atoms with Crippen molar-refractivity contribution in [2.45, 2.75) is 45.6 Å². The fourth-order valence-electron chi connectivity index (χ4n) is 2.86. The van der Waals surface area contributed by atoms with E-state index in [0.717, 1.165) is 0 Å². The smallest absolute Gasteiger partial charge is 0.333 e. The van der Waals surface area contributed by atoms with Gasteiger partial charge < -0.3 is 14.9 Å². The van der Waals surface area contributed by atoms with E-state index in [1.54, 1.807) is 6.92 Å². The topological polar surface area (TPSA) is 101 Å². The van der Waals surface area contributed by atoms with E-state index in [4.69, 9.17) is 9.84 Å². The average molecular weight is 298 g/mol. The first kappa shape index (κ1) is 17.2. The molecule has 1 aliphatic rings. The van der Waals surface area contributed by atoms with Crippen LogP contribution in [0.2, 0.25) is 0 Å². The molecule has 0 aromatic carbocycles. The molecule has 0 saturated heterocycles. The van der Waals surface area contributed by atoms with Gasteiger partial charge in [-0.2, -0.15) is 0 Å². The van der Waals surface area contributed by atoms with Gasteiger partial charge in [0.2, 0.25) is 0 Å². The maximum absolute atomic E-state index is 11.6. The molecule has 0 amide bonds. The molecule has 2 N–H and O–H groups in total. The highest BCUT2D eigenvalue weighted by atomic mass is 16.5. The Kier molecular flexibility index (Phi) is 5.93. The van der Waals surface area contributed by atoms with Crippen molar-refractivity contribution in [1.29, 1.82) is 0 Å². The van der Waals surface area contributed by atoms with Crippen LogP contribution in [0.1, 0.15) is 39.5 Å². The molecule has 1 rings (SSSR count). The second-order valence-corrected chi connectivity index (χ2v) is 5.59. The fourth-order valence-corrected chi connectivity index (χ4v) is 2.86. The number of esters is 1. The highest BCUT2D eigenvalue weighted by molar-refractivity contribution is 5.87. The van der Waals surface area contributed by atoms with Crippen molar-refractivity contribution >= 4 is 17.9 Å². The molecule has 0 radical (unpaired) electrons. The molecule has 0 heterocycles. The van der Waals surface area contributed by atoms with Crippen molar-refractivity contribution in [3.63, 3.8) is 0 Å². The number of carbonyl (C=O) groups excluding carboxylic acids is 1. The zero-order valence-corrected chi connectivity index (χ0v) is 12.4. The summed E-state index contributed by atoms with van der Waals surface area (Å²) in [5.41, 5.74) is 0.294. The molecular weight excluding hydrogens is 276 g/mol. The summed E-state index contributed by atoms with van der Waals surface area (Å²) in [5.74, 6) is -4.60. The largest absolute Gasteiger partial charge is 0.481 e. The fraction of sp³-hybridized carbons (Fsp3) is 0.667. The Labute approximate surface area is 123 Å². The lowest BCUT2D eigenvalue weighted by atomic mass is 9.72. The van der Waals surface area contributed by atoms with Crippen LogP contribution < -0.4 is 0 Å². The summed E-state index contributed by atoms with van der Waals surface area (Å²) in [6.07, 6.45) is 1.22. The molecule has 0 aromatic heterocycles. The van der Waals surface area contributed by atoms with E-state index in [-0.39, 0.29) is 18.8 Å². The van der Waals surface area contributed by atoms with Crippen LogP contribution >= 0.6 is 0 Å². The third-order valence-electron chi connectivity index (χ3n) is 4.06. The molecule has 0 aliphatic heterocycles. The number of ether oxygens (including phenoxy) is 1. The molecule has 118 valence electrons. The maximum Gasteiger partial charge on any atom is 0.333 e. The zero-order valence-electron chi connectivity index (χ0n) is 12.4. The lowest BCUT2D eigenvalue weighted by Gasteiger charge is -2.35. The monoisotopic (exact) mass is 298 g/mol. The van der Waals surface area contributed by atoms with Crippen LogP contribution in [0.5, 0.6) is 0 Å². The maximum atomic E-state index is 11.6. The molecule has 21 heavy (non-hydrogen) atoms. The zero-order chi connectivity index (χ0) is 16.2. The van der Waals surface area contributed by atoms with E-state index in [1.165, 1.54) is 0 Å². The van der Waals surface area contributed by atoms with Gasteiger partial charge in [0.05, 0.1) is 11.8 Å². The summed E-state index contributed by atoms with van der Waals surface area (Å²) < 4.78 is 5.35. The summed E-state index contributed by atoms with van der Waals surface area (Å²) >= 11 is 0. The van der Waals surface area contributed by atoms with E-state index in [1.807, 2.05) is 6.92 Å². The summed E-state index contributed by atoms with van der Waals surface area (Å²) in [6.45, 7) is 6.93. The van der Waals surface area contributed by atoms with Gasteiger partial charge in [-0.1, -0.05) is 13.5 Å². The predicted molar refractivity (Wildman–Crippen MR) is 74.6 cm³/mol. The quantitative estimate of drug-likeness (QED) is 0.575. The van der Waals surface area contributed by atoms with Crippen LogP contribution in [-0.4, -0.2) is 34.2 Å². The number of carboxylic acid groups (broad SMARTS) is 2. The third kappa shape index (κ3) is 4.31. The Morgan fingerprint density at radius 3 is 2.19 bits per heavy atom. The minimum Gasteiger partial charge on any atom is -0.481 e. The van der Waals surface area contributed by atoms with Gasteiger partial charge in [0, 0.05) is 5.57 Å². The second kappa shape index (κ2) is 7.24. The Morgan fingerprint density at radius 1 is 1.19 bits per heavy atom. The molecule has 0 spiro atoms. The van der Waals surface area contributed by atoms with Crippen molar-refractivity contribution in [2.24, 2.45) is 17.8 Å². The van der Waals surface area contributed by atoms with Gasteiger partial charge in [0.15, 0.2) is 0 Å². The molecule has 1 saturated carbocycles. The number of aliphatic carboxylic acids is 2. The second-order valence-electron chi connectivity index (χ2n) is 5.59. The number of rotatable bonds is 6. The van der Waals surface area contributed by atoms with Crippen molar-refractivity contribution < 1.29 is 29.3 Å². The molecular formula is C15H22O6. The first-order valence-electron chi connectivity index (χ1n) is 7.10. The van der Waals surface area contributed by atoms with E-state index in [0.29, 0.717) is 18.4 Å². The number of carboxylic acids is 2. The highest BCUT2D eigenvalue weighted by Gasteiger charge is 2.42. The van der Waals surface area contributed by atoms with Crippen LogP contribution in [0.4, 0.5) is 0 Å². The Morgan fingerprint density at radius 2 is 1.76 bits per heavy atom. The minimum atomic E-state index is -1.10. The van der Waals surface area contributed by atoms with Crippen LogP contribution in [0, 0.1) is 17.8 Å². The number of carbonyl (C=O) groups is 3. The van der Waals surface area contributed by atoms with Crippen molar-refractivity contribution in [2.75, 3.05) is 0 Å². The number of hydrogen-bond donors (Lipinski definition) is 2. The number of hydrogen-bond acceptors (Lipinski definition) is 4. The lowest BCUT2D eigenvalue weighted by molar-refractivity contribution is -0.160. The molecule has 6 heteroatoms. The molecule has 0 aromatic rings. The van der Waals surface area contributed by atoms with Crippen molar-refractivity contribution in [3.05, 3.63) is 12.2 Å². The van der Waals surface area contributed by atoms with Gasteiger partial charge in [-0.05, 0) is 38.5 Å². The van der Waals surface area contributed by atoms with E-state index in [2.05, 4.69) is 6.58 Å². The Bertz CT molecular complexity index is 441. The van der Waals surface area contributed by atoms with Crippen LogP contribution in [0.25, 0.3) is 0 Å². The van der Waals surface area contributed by atoms with Crippen LogP contribution in [-0.2, 0) is 19.1 Å². The minimum absolute atomic E-state index is 0.130. The van der Waals surface area contributed by atoms with Crippen LogP contribution in [0.15, 0.2) is 12.2 Å². The first-order valence-corrected chi connectivity index (χ1v) is 7.10. The highest BCUT2D eigenvalue weighted by Crippen LogP contribution is 2.37. The Hall–Kier alpha value is -1.85.